The zero-order chi connectivity index (χ0) is 15.0. The number of rotatable bonds is 4. The summed E-state index contributed by atoms with van der Waals surface area (Å²) in [7, 11) is -3.57. The van der Waals surface area contributed by atoms with Crippen LogP contribution in [0, 0.1) is 6.92 Å². The van der Waals surface area contributed by atoms with E-state index in [2.05, 4.69) is 30.8 Å². The van der Waals surface area contributed by atoms with Gasteiger partial charge in [0.2, 0.25) is 10.0 Å². The zero-order valence-corrected chi connectivity index (χ0v) is 14.2. The van der Waals surface area contributed by atoms with Crippen molar-refractivity contribution in [3.63, 3.8) is 0 Å². The standard InChI is InChI=1S/C12H11BrN4O2S2/c1-8-9(6-10(13)20-8)21(18,19)14-7-12-16-15-11-4-2-3-5-17(11)12/h2-6,14H,7H2,1H3. The smallest absolute Gasteiger partial charge is 0.242 e. The Bertz CT molecular complexity index is 901. The van der Waals surface area contributed by atoms with Gasteiger partial charge in [0.25, 0.3) is 0 Å². The third kappa shape index (κ3) is 2.86. The van der Waals surface area contributed by atoms with Crippen molar-refractivity contribution in [2.45, 2.75) is 18.4 Å². The van der Waals surface area contributed by atoms with Gasteiger partial charge in [0.15, 0.2) is 11.5 Å². The summed E-state index contributed by atoms with van der Waals surface area (Å²) in [6.45, 7) is 1.86. The Morgan fingerprint density at radius 2 is 2.19 bits per heavy atom. The number of aryl methyl sites for hydroxylation is 1. The number of aromatic nitrogens is 3. The molecule has 0 atom stereocenters. The highest BCUT2D eigenvalue weighted by Crippen LogP contribution is 2.29. The lowest BCUT2D eigenvalue weighted by molar-refractivity contribution is 0.578. The number of halogens is 1. The van der Waals surface area contributed by atoms with E-state index in [9.17, 15) is 8.42 Å². The molecule has 3 heterocycles. The van der Waals surface area contributed by atoms with E-state index in [-0.39, 0.29) is 11.4 Å². The van der Waals surface area contributed by atoms with E-state index in [1.165, 1.54) is 11.3 Å². The molecule has 0 bridgehead atoms. The molecule has 21 heavy (non-hydrogen) atoms. The molecule has 110 valence electrons. The topological polar surface area (TPSA) is 76.4 Å². The number of nitrogens with one attached hydrogen (secondary N) is 1. The van der Waals surface area contributed by atoms with Crippen LogP contribution in [0.25, 0.3) is 5.65 Å². The van der Waals surface area contributed by atoms with Crippen LogP contribution >= 0.6 is 27.3 Å². The first-order chi connectivity index (χ1) is 9.97. The van der Waals surface area contributed by atoms with Gasteiger partial charge in [0, 0.05) is 11.1 Å². The fraction of sp³-hybridized carbons (Fsp3) is 0.167. The number of fused-ring (bicyclic) bond motifs is 1. The minimum atomic E-state index is -3.57. The molecule has 0 saturated heterocycles. The second-order valence-electron chi connectivity index (χ2n) is 4.34. The second kappa shape index (κ2) is 5.48. The van der Waals surface area contributed by atoms with Gasteiger partial charge in [-0.15, -0.1) is 21.5 Å². The summed E-state index contributed by atoms with van der Waals surface area (Å²) in [6, 6.07) is 7.11. The van der Waals surface area contributed by atoms with Crippen LogP contribution in [0.2, 0.25) is 0 Å². The van der Waals surface area contributed by atoms with Crippen LogP contribution in [-0.2, 0) is 16.6 Å². The molecule has 0 aliphatic carbocycles. The first-order valence-electron chi connectivity index (χ1n) is 6.01. The van der Waals surface area contributed by atoms with Crippen molar-refractivity contribution >= 4 is 42.9 Å². The maximum atomic E-state index is 12.3. The van der Waals surface area contributed by atoms with Crippen molar-refractivity contribution in [3.8, 4) is 0 Å². The number of sulfonamides is 1. The maximum Gasteiger partial charge on any atom is 0.242 e. The van der Waals surface area contributed by atoms with Crippen molar-refractivity contribution in [1.29, 1.82) is 0 Å². The summed E-state index contributed by atoms with van der Waals surface area (Å²) >= 11 is 4.68. The van der Waals surface area contributed by atoms with Crippen LogP contribution < -0.4 is 4.72 Å². The fourth-order valence-electron chi connectivity index (χ4n) is 1.95. The highest BCUT2D eigenvalue weighted by Gasteiger charge is 2.20. The Kier molecular flexibility index (Phi) is 3.82. The van der Waals surface area contributed by atoms with E-state index in [0.29, 0.717) is 11.5 Å². The van der Waals surface area contributed by atoms with E-state index in [0.717, 1.165) is 8.66 Å². The van der Waals surface area contributed by atoms with Crippen LogP contribution in [0.4, 0.5) is 0 Å². The average molecular weight is 387 g/mol. The van der Waals surface area contributed by atoms with Gasteiger partial charge in [-0.05, 0) is 41.1 Å². The molecule has 3 rings (SSSR count). The molecule has 0 unspecified atom stereocenters. The number of nitrogens with zero attached hydrogens (tertiary/aromatic N) is 3. The Morgan fingerprint density at radius 1 is 1.38 bits per heavy atom. The maximum absolute atomic E-state index is 12.3. The minimum absolute atomic E-state index is 0.0837. The molecule has 0 amide bonds. The van der Waals surface area contributed by atoms with Gasteiger partial charge in [0.05, 0.1) is 15.2 Å². The number of hydrogen-bond acceptors (Lipinski definition) is 5. The van der Waals surface area contributed by atoms with Crippen LogP contribution in [0.5, 0.6) is 0 Å². The molecule has 0 aliphatic rings. The lowest BCUT2D eigenvalue weighted by Crippen LogP contribution is -2.24. The lowest BCUT2D eigenvalue weighted by Gasteiger charge is -2.05. The number of pyridine rings is 1. The van der Waals surface area contributed by atoms with Crippen LogP contribution in [-0.4, -0.2) is 23.0 Å². The van der Waals surface area contributed by atoms with E-state index in [1.807, 2.05) is 18.2 Å². The SMILES string of the molecule is Cc1sc(Br)cc1S(=O)(=O)NCc1nnc2ccccn12. The molecule has 6 nitrogen and oxygen atoms in total. The molecule has 0 spiro atoms. The molecule has 0 fully saturated rings. The highest BCUT2D eigenvalue weighted by atomic mass is 79.9. The number of hydrogen-bond donors (Lipinski definition) is 1. The van der Waals surface area contributed by atoms with Crippen molar-refractivity contribution < 1.29 is 8.42 Å². The molecule has 0 aromatic carbocycles. The van der Waals surface area contributed by atoms with E-state index >= 15 is 0 Å². The van der Waals surface area contributed by atoms with Gasteiger partial charge >= 0.3 is 0 Å². The molecular formula is C12H11BrN4O2S2. The summed E-state index contributed by atoms with van der Waals surface area (Å²) in [5.74, 6) is 0.543. The molecule has 9 heteroatoms. The van der Waals surface area contributed by atoms with Gasteiger partial charge in [-0.1, -0.05) is 6.07 Å². The van der Waals surface area contributed by atoms with Crippen LogP contribution in [0.1, 0.15) is 10.7 Å². The van der Waals surface area contributed by atoms with Gasteiger partial charge in [0.1, 0.15) is 0 Å². The summed E-state index contributed by atoms with van der Waals surface area (Å²) < 4.78 is 29.7. The summed E-state index contributed by atoms with van der Waals surface area (Å²) in [5, 5.41) is 7.99. The Labute approximate surface area is 134 Å². The molecule has 3 aromatic heterocycles. The highest BCUT2D eigenvalue weighted by molar-refractivity contribution is 9.11. The Morgan fingerprint density at radius 3 is 2.90 bits per heavy atom. The normalized spacial score (nSPS) is 12.1. The van der Waals surface area contributed by atoms with Crippen LogP contribution in [0.15, 0.2) is 39.1 Å². The number of thiophene rings is 1. The van der Waals surface area contributed by atoms with Crippen molar-refractivity contribution in [2.24, 2.45) is 0 Å². The summed E-state index contributed by atoms with van der Waals surface area (Å²) in [4.78, 5) is 1.02. The third-order valence-electron chi connectivity index (χ3n) is 2.94. The average Bonchev–Trinajstić information content (AvgIpc) is 3.00. The molecule has 0 radical (unpaired) electrons. The monoisotopic (exact) mass is 386 g/mol. The van der Waals surface area contributed by atoms with Crippen molar-refractivity contribution in [1.82, 2.24) is 19.3 Å². The largest absolute Gasteiger partial charge is 0.285 e. The van der Waals surface area contributed by atoms with Gasteiger partial charge < -0.3 is 0 Å². The van der Waals surface area contributed by atoms with Crippen molar-refractivity contribution in [3.05, 3.63) is 45.0 Å². The molecule has 0 saturated carbocycles. The minimum Gasteiger partial charge on any atom is -0.285 e. The Balaban J connectivity index is 1.85. The molecule has 0 aliphatic heterocycles. The third-order valence-corrected chi connectivity index (χ3v) is 6.15. The quantitative estimate of drug-likeness (QED) is 0.746. The molecule has 1 N–H and O–H groups in total. The first kappa shape index (κ1) is 14.6. The zero-order valence-electron chi connectivity index (χ0n) is 10.9. The predicted octanol–water partition coefficient (Wildman–Crippen LogP) is 2.34. The first-order valence-corrected chi connectivity index (χ1v) is 9.11. The Hall–Kier alpha value is -1.29. The predicted molar refractivity (Wildman–Crippen MR) is 83.8 cm³/mol. The van der Waals surface area contributed by atoms with Gasteiger partial charge in [-0.3, -0.25) is 4.40 Å². The second-order valence-corrected chi connectivity index (χ2v) is 8.71. The fourth-order valence-corrected chi connectivity index (χ4v) is 5.34. The van der Waals surface area contributed by atoms with Crippen molar-refractivity contribution in [2.75, 3.05) is 0 Å². The molecule has 3 aromatic rings. The van der Waals surface area contributed by atoms with Gasteiger partial charge in [-0.25, -0.2) is 13.1 Å². The summed E-state index contributed by atoms with van der Waals surface area (Å²) in [5.41, 5.74) is 0.682. The van der Waals surface area contributed by atoms with E-state index in [4.69, 9.17) is 0 Å². The van der Waals surface area contributed by atoms with E-state index < -0.39 is 10.0 Å². The van der Waals surface area contributed by atoms with Gasteiger partial charge in [-0.2, -0.15) is 0 Å². The summed E-state index contributed by atoms with van der Waals surface area (Å²) in [6.07, 6.45) is 1.80. The lowest BCUT2D eigenvalue weighted by atomic mass is 10.5. The van der Waals surface area contributed by atoms with E-state index in [1.54, 1.807) is 23.6 Å². The van der Waals surface area contributed by atoms with Crippen LogP contribution in [0.3, 0.4) is 0 Å². The molecular weight excluding hydrogens is 376 g/mol.